The van der Waals surface area contributed by atoms with Crippen LogP contribution in [0.5, 0.6) is 11.5 Å². The van der Waals surface area contributed by atoms with Crippen molar-refractivity contribution in [2.75, 3.05) is 11.9 Å². The minimum absolute atomic E-state index is 0.364. The molecule has 5 nitrogen and oxygen atoms in total. The summed E-state index contributed by atoms with van der Waals surface area (Å²) < 4.78 is 11.5. The normalized spacial score (nSPS) is 10.7. The van der Waals surface area contributed by atoms with Crippen LogP contribution in [0.1, 0.15) is 50.4 Å². The monoisotopic (exact) mass is 494 g/mol. The second kappa shape index (κ2) is 12.2. The van der Waals surface area contributed by atoms with Crippen LogP contribution in [0.2, 0.25) is 0 Å². The Labute approximate surface area is 219 Å². The summed E-state index contributed by atoms with van der Waals surface area (Å²) >= 11 is 0. The number of nitrogens with zero attached hydrogens (tertiary/aromatic N) is 1. The first-order valence-corrected chi connectivity index (χ1v) is 12.7. The lowest BCUT2D eigenvalue weighted by Gasteiger charge is -2.14. The largest absolute Gasteiger partial charge is 0.489 e. The van der Waals surface area contributed by atoms with Crippen LogP contribution >= 0.6 is 0 Å². The van der Waals surface area contributed by atoms with Gasteiger partial charge in [-0.2, -0.15) is 0 Å². The Morgan fingerprint density at radius 3 is 2.32 bits per heavy atom. The van der Waals surface area contributed by atoms with Gasteiger partial charge in [0, 0.05) is 17.9 Å². The van der Waals surface area contributed by atoms with Gasteiger partial charge in [-0.15, -0.1) is 0 Å². The molecule has 190 valence electrons. The van der Waals surface area contributed by atoms with E-state index in [1.165, 1.54) is 5.56 Å². The summed E-state index contributed by atoms with van der Waals surface area (Å²) in [6, 6.07) is 26.0. The predicted molar refractivity (Wildman–Crippen MR) is 149 cm³/mol. The summed E-state index contributed by atoms with van der Waals surface area (Å²) in [4.78, 5) is 17.2. The van der Waals surface area contributed by atoms with Crippen LogP contribution in [0.3, 0.4) is 0 Å². The fourth-order valence-electron chi connectivity index (χ4n) is 4.17. The lowest BCUT2D eigenvalue weighted by molar-refractivity contribution is 0.0732. The van der Waals surface area contributed by atoms with E-state index in [1.807, 2.05) is 76.2 Å². The fourth-order valence-corrected chi connectivity index (χ4v) is 4.17. The average Bonchev–Trinajstić information content (AvgIpc) is 2.90. The zero-order chi connectivity index (χ0) is 26.2. The van der Waals surface area contributed by atoms with Gasteiger partial charge >= 0.3 is 5.97 Å². The van der Waals surface area contributed by atoms with Crippen molar-refractivity contribution in [2.45, 2.75) is 47.1 Å². The molecule has 0 aliphatic carbocycles. The number of hydrogen-bond donors (Lipinski definition) is 1. The molecule has 5 heteroatoms. The second-order valence-electron chi connectivity index (χ2n) is 9.36. The standard InChI is InChI=1S/C32H34N2O3/c1-22-20-30(23(2)19-29(22)32(35)37-31-17-12-24(3)34-25(31)4)33-18-8-11-26-13-15-28(16-14-26)36-21-27-9-6-5-7-10-27/h5-7,9-10,12-17,19-20,33H,8,11,18,21H2,1-4H3. The van der Waals surface area contributed by atoms with Crippen LogP contribution in [0.25, 0.3) is 0 Å². The van der Waals surface area contributed by atoms with Gasteiger partial charge in [0.25, 0.3) is 0 Å². The summed E-state index contributed by atoms with van der Waals surface area (Å²) in [6.45, 7) is 9.10. The molecule has 0 fully saturated rings. The van der Waals surface area contributed by atoms with E-state index in [0.717, 1.165) is 53.2 Å². The lowest BCUT2D eigenvalue weighted by atomic mass is 10.0. The van der Waals surface area contributed by atoms with Gasteiger partial charge in [-0.25, -0.2) is 4.79 Å². The number of carbonyl (C=O) groups excluding carboxylic acids is 1. The highest BCUT2D eigenvalue weighted by atomic mass is 16.5. The van der Waals surface area contributed by atoms with Crippen LogP contribution in [-0.4, -0.2) is 17.5 Å². The fraction of sp³-hybridized carbons (Fsp3) is 0.250. The molecule has 0 radical (unpaired) electrons. The van der Waals surface area contributed by atoms with Gasteiger partial charge in [0.1, 0.15) is 12.4 Å². The molecule has 1 heterocycles. The number of benzene rings is 3. The minimum Gasteiger partial charge on any atom is -0.489 e. The number of hydrogen-bond acceptors (Lipinski definition) is 5. The molecule has 0 spiro atoms. The maximum absolute atomic E-state index is 12.8. The maximum Gasteiger partial charge on any atom is 0.343 e. The molecule has 1 aromatic heterocycles. The lowest BCUT2D eigenvalue weighted by Crippen LogP contribution is -2.13. The molecule has 37 heavy (non-hydrogen) atoms. The summed E-state index contributed by atoms with van der Waals surface area (Å²) in [5.41, 5.74) is 7.52. The number of anilines is 1. The number of rotatable bonds is 10. The van der Waals surface area contributed by atoms with Crippen LogP contribution in [0.15, 0.2) is 78.9 Å². The van der Waals surface area contributed by atoms with Crippen molar-refractivity contribution >= 4 is 11.7 Å². The van der Waals surface area contributed by atoms with Crippen molar-refractivity contribution < 1.29 is 14.3 Å². The smallest absolute Gasteiger partial charge is 0.343 e. The van der Waals surface area contributed by atoms with Crippen LogP contribution in [0.4, 0.5) is 5.69 Å². The third-order valence-electron chi connectivity index (χ3n) is 6.30. The summed E-state index contributed by atoms with van der Waals surface area (Å²) in [6.07, 6.45) is 1.96. The van der Waals surface area contributed by atoms with Gasteiger partial charge in [-0.3, -0.25) is 4.98 Å². The maximum atomic E-state index is 12.8. The molecule has 0 bridgehead atoms. The molecule has 4 rings (SSSR count). The van der Waals surface area contributed by atoms with Crippen LogP contribution in [-0.2, 0) is 13.0 Å². The average molecular weight is 495 g/mol. The number of carbonyl (C=O) groups is 1. The Bertz CT molecular complexity index is 1350. The van der Waals surface area contributed by atoms with E-state index in [4.69, 9.17) is 9.47 Å². The molecule has 0 saturated heterocycles. The number of ether oxygens (including phenoxy) is 2. The molecule has 0 amide bonds. The first-order valence-electron chi connectivity index (χ1n) is 12.7. The number of esters is 1. The zero-order valence-electron chi connectivity index (χ0n) is 22.0. The number of pyridine rings is 1. The van der Waals surface area contributed by atoms with E-state index < -0.39 is 0 Å². The highest BCUT2D eigenvalue weighted by Gasteiger charge is 2.15. The topological polar surface area (TPSA) is 60.5 Å². The van der Waals surface area contributed by atoms with Crippen molar-refractivity contribution in [3.8, 4) is 11.5 Å². The number of aromatic nitrogens is 1. The molecule has 0 atom stereocenters. The predicted octanol–water partition coefficient (Wildman–Crippen LogP) is 7.16. The molecule has 0 aliphatic rings. The van der Waals surface area contributed by atoms with E-state index in [-0.39, 0.29) is 5.97 Å². The molecule has 3 aromatic carbocycles. The summed E-state index contributed by atoms with van der Waals surface area (Å²) in [7, 11) is 0. The van der Waals surface area contributed by atoms with Gasteiger partial charge in [-0.05, 0) is 99.2 Å². The Kier molecular flexibility index (Phi) is 8.57. The van der Waals surface area contributed by atoms with Gasteiger partial charge in [-0.1, -0.05) is 42.5 Å². The highest BCUT2D eigenvalue weighted by molar-refractivity contribution is 5.93. The molecular formula is C32H34N2O3. The SMILES string of the molecule is Cc1ccc(OC(=O)c2cc(C)c(NCCCc3ccc(OCc4ccccc4)cc3)cc2C)c(C)n1. The Balaban J connectivity index is 1.26. The quantitative estimate of drug-likeness (QED) is 0.187. The van der Waals surface area contributed by atoms with Crippen molar-refractivity contribution in [2.24, 2.45) is 0 Å². The molecule has 0 unspecified atom stereocenters. The minimum atomic E-state index is -0.364. The highest BCUT2D eigenvalue weighted by Crippen LogP contribution is 2.24. The van der Waals surface area contributed by atoms with Gasteiger partial charge in [0.2, 0.25) is 0 Å². The molecule has 0 aliphatic heterocycles. The van der Waals surface area contributed by atoms with Crippen molar-refractivity contribution in [1.29, 1.82) is 0 Å². The molecule has 4 aromatic rings. The second-order valence-corrected chi connectivity index (χ2v) is 9.36. The van der Waals surface area contributed by atoms with Gasteiger partial charge in [0.15, 0.2) is 5.75 Å². The Morgan fingerprint density at radius 1 is 0.838 bits per heavy atom. The van der Waals surface area contributed by atoms with E-state index >= 15 is 0 Å². The Morgan fingerprint density at radius 2 is 1.59 bits per heavy atom. The van der Waals surface area contributed by atoms with Gasteiger partial charge in [0.05, 0.1) is 11.3 Å². The van der Waals surface area contributed by atoms with E-state index in [2.05, 4.69) is 34.6 Å². The van der Waals surface area contributed by atoms with Crippen molar-refractivity contribution in [3.05, 3.63) is 118 Å². The first kappa shape index (κ1) is 26.0. The Hall–Kier alpha value is -4.12. The van der Waals surface area contributed by atoms with Crippen LogP contribution in [0, 0.1) is 27.7 Å². The van der Waals surface area contributed by atoms with E-state index in [1.54, 1.807) is 6.07 Å². The molecule has 0 saturated carbocycles. The molecular weight excluding hydrogens is 460 g/mol. The number of nitrogens with one attached hydrogen (secondary N) is 1. The summed E-state index contributed by atoms with van der Waals surface area (Å²) in [5.74, 6) is 1.01. The third kappa shape index (κ3) is 7.20. The van der Waals surface area contributed by atoms with Gasteiger partial charge < -0.3 is 14.8 Å². The zero-order valence-corrected chi connectivity index (χ0v) is 22.0. The number of aryl methyl sites for hydroxylation is 5. The molecule has 1 N–H and O–H groups in total. The summed E-state index contributed by atoms with van der Waals surface area (Å²) in [5, 5.41) is 3.52. The first-order chi connectivity index (χ1) is 17.9. The van der Waals surface area contributed by atoms with Crippen molar-refractivity contribution in [3.63, 3.8) is 0 Å². The van der Waals surface area contributed by atoms with Crippen molar-refractivity contribution in [1.82, 2.24) is 4.98 Å². The third-order valence-corrected chi connectivity index (χ3v) is 6.30. The van der Waals surface area contributed by atoms with Crippen LogP contribution < -0.4 is 14.8 Å². The van der Waals surface area contributed by atoms with E-state index in [9.17, 15) is 4.79 Å². The van der Waals surface area contributed by atoms with E-state index in [0.29, 0.717) is 23.6 Å².